The number of hydrogen-bond donors (Lipinski definition) is 0. The normalized spacial score (nSPS) is 16.5. The van der Waals surface area contributed by atoms with Crippen LogP contribution < -0.4 is 9.80 Å². The number of halogens is 2. The first kappa shape index (κ1) is 26.0. The molecule has 2 amide bonds. The number of piperazine rings is 2. The van der Waals surface area contributed by atoms with Gasteiger partial charge in [0.05, 0.1) is 0 Å². The lowest BCUT2D eigenvalue weighted by atomic mass is 10.2. The highest BCUT2D eigenvalue weighted by Gasteiger charge is 2.22. The van der Waals surface area contributed by atoms with E-state index in [0.29, 0.717) is 12.8 Å². The number of hydrogen-bond acceptors (Lipinski definition) is 5. The molecule has 188 valence electrons. The Kier molecular flexibility index (Phi) is 9.46. The highest BCUT2D eigenvalue weighted by atomic mass is 35.5. The highest BCUT2D eigenvalue weighted by molar-refractivity contribution is 7.99. The number of benzene rings is 2. The third-order valence-corrected chi connectivity index (χ3v) is 8.06. The summed E-state index contributed by atoms with van der Waals surface area (Å²) in [4.78, 5) is 33.7. The van der Waals surface area contributed by atoms with Crippen LogP contribution in [0.2, 0.25) is 10.0 Å². The van der Waals surface area contributed by atoms with Gasteiger partial charge in [0.25, 0.3) is 0 Å². The van der Waals surface area contributed by atoms with Crippen molar-refractivity contribution in [2.24, 2.45) is 0 Å². The van der Waals surface area contributed by atoms with E-state index in [1.54, 1.807) is 11.8 Å². The molecule has 4 rings (SSSR count). The molecule has 2 aromatic carbocycles. The van der Waals surface area contributed by atoms with Gasteiger partial charge in [-0.25, -0.2) is 0 Å². The number of thioether (sulfide) groups is 1. The Morgan fingerprint density at radius 2 is 0.943 bits per heavy atom. The summed E-state index contributed by atoms with van der Waals surface area (Å²) < 4.78 is 0. The van der Waals surface area contributed by atoms with Gasteiger partial charge in [0.1, 0.15) is 0 Å². The van der Waals surface area contributed by atoms with Crippen LogP contribution in [0.4, 0.5) is 11.4 Å². The summed E-state index contributed by atoms with van der Waals surface area (Å²) in [5.41, 5.74) is 2.29. The van der Waals surface area contributed by atoms with Gasteiger partial charge in [-0.3, -0.25) is 9.59 Å². The van der Waals surface area contributed by atoms with Gasteiger partial charge in [0, 0.05) is 98.1 Å². The van der Waals surface area contributed by atoms with Crippen LogP contribution >= 0.6 is 35.0 Å². The van der Waals surface area contributed by atoms with Crippen LogP contribution in [-0.2, 0) is 9.59 Å². The predicted molar refractivity (Wildman–Crippen MR) is 147 cm³/mol. The Morgan fingerprint density at radius 1 is 0.600 bits per heavy atom. The topological polar surface area (TPSA) is 47.1 Å². The number of carbonyl (C=O) groups excluding carboxylic acids is 2. The fourth-order valence-electron chi connectivity index (χ4n) is 4.47. The Bertz CT molecular complexity index is 894. The van der Waals surface area contributed by atoms with E-state index in [4.69, 9.17) is 23.2 Å². The Hall–Kier alpha value is -2.09. The first-order valence-corrected chi connectivity index (χ1v) is 14.0. The smallest absolute Gasteiger partial charge is 0.223 e. The summed E-state index contributed by atoms with van der Waals surface area (Å²) in [6, 6.07) is 15.7. The van der Waals surface area contributed by atoms with Crippen molar-refractivity contribution in [3.63, 3.8) is 0 Å². The van der Waals surface area contributed by atoms with Crippen LogP contribution in [0.15, 0.2) is 48.5 Å². The minimum absolute atomic E-state index is 0.206. The SMILES string of the molecule is O=C(CCSCCC(=O)N1CCN(c2ccc(Cl)cc2)CC1)N1CCN(c2ccc(Cl)cc2)CC1. The average molecular weight is 536 g/mol. The zero-order valence-corrected chi connectivity index (χ0v) is 22.2. The van der Waals surface area contributed by atoms with Crippen molar-refractivity contribution in [3.8, 4) is 0 Å². The minimum Gasteiger partial charge on any atom is -0.368 e. The van der Waals surface area contributed by atoms with Gasteiger partial charge in [0.15, 0.2) is 0 Å². The molecule has 2 fully saturated rings. The molecule has 0 spiro atoms. The fraction of sp³-hybridized carbons (Fsp3) is 0.462. The lowest BCUT2D eigenvalue weighted by Gasteiger charge is -2.36. The van der Waals surface area contributed by atoms with Crippen LogP contribution in [0.1, 0.15) is 12.8 Å². The minimum atomic E-state index is 0.206. The Morgan fingerprint density at radius 3 is 1.29 bits per heavy atom. The van der Waals surface area contributed by atoms with Gasteiger partial charge in [-0.2, -0.15) is 11.8 Å². The molecule has 0 unspecified atom stereocenters. The van der Waals surface area contributed by atoms with E-state index >= 15 is 0 Å². The van der Waals surface area contributed by atoms with E-state index in [-0.39, 0.29) is 11.8 Å². The van der Waals surface area contributed by atoms with E-state index in [1.807, 2.05) is 58.3 Å². The fourth-order valence-corrected chi connectivity index (χ4v) is 5.56. The van der Waals surface area contributed by atoms with Gasteiger partial charge in [-0.05, 0) is 48.5 Å². The third-order valence-electron chi connectivity index (χ3n) is 6.57. The Balaban J connectivity index is 1.07. The van der Waals surface area contributed by atoms with Crippen molar-refractivity contribution >= 4 is 58.2 Å². The number of carbonyl (C=O) groups is 2. The van der Waals surface area contributed by atoms with Crippen LogP contribution in [0.3, 0.4) is 0 Å². The second-order valence-electron chi connectivity index (χ2n) is 8.80. The van der Waals surface area contributed by atoms with E-state index in [0.717, 1.165) is 85.3 Å². The predicted octanol–water partition coefficient (Wildman–Crippen LogP) is 4.50. The van der Waals surface area contributed by atoms with Crippen LogP contribution in [0.5, 0.6) is 0 Å². The van der Waals surface area contributed by atoms with Crippen molar-refractivity contribution < 1.29 is 9.59 Å². The van der Waals surface area contributed by atoms with Crippen molar-refractivity contribution in [1.29, 1.82) is 0 Å². The van der Waals surface area contributed by atoms with Gasteiger partial charge in [-0.15, -0.1) is 0 Å². The largest absolute Gasteiger partial charge is 0.368 e. The molecule has 6 nitrogen and oxygen atoms in total. The van der Waals surface area contributed by atoms with E-state index < -0.39 is 0 Å². The molecule has 35 heavy (non-hydrogen) atoms. The van der Waals surface area contributed by atoms with Gasteiger partial charge < -0.3 is 19.6 Å². The number of anilines is 2. The molecule has 0 saturated carbocycles. The summed E-state index contributed by atoms with van der Waals surface area (Å²) in [6.45, 7) is 6.31. The second kappa shape index (κ2) is 12.7. The summed E-state index contributed by atoms with van der Waals surface area (Å²) in [6.07, 6.45) is 1.05. The maximum absolute atomic E-state index is 12.6. The van der Waals surface area contributed by atoms with E-state index in [9.17, 15) is 9.59 Å². The van der Waals surface area contributed by atoms with Crippen LogP contribution in [-0.4, -0.2) is 85.5 Å². The molecule has 0 aromatic heterocycles. The van der Waals surface area contributed by atoms with Crippen molar-refractivity contribution in [3.05, 3.63) is 58.6 Å². The zero-order valence-electron chi connectivity index (χ0n) is 19.9. The number of rotatable bonds is 8. The maximum Gasteiger partial charge on any atom is 0.223 e. The van der Waals surface area contributed by atoms with E-state index in [2.05, 4.69) is 9.80 Å². The van der Waals surface area contributed by atoms with E-state index in [1.165, 1.54) is 0 Å². The lowest BCUT2D eigenvalue weighted by Crippen LogP contribution is -2.49. The van der Waals surface area contributed by atoms with Crippen LogP contribution in [0.25, 0.3) is 0 Å². The first-order chi connectivity index (χ1) is 17.0. The first-order valence-electron chi connectivity index (χ1n) is 12.1. The molecular formula is C26H32Cl2N4O2S. The molecule has 2 aliphatic rings. The molecular weight excluding hydrogens is 503 g/mol. The van der Waals surface area contributed by atoms with Gasteiger partial charge in [0.2, 0.25) is 11.8 Å². The molecule has 0 atom stereocenters. The summed E-state index contributed by atoms with van der Waals surface area (Å²) in [5.74, 6) is 1.93. The third kappa shape index (κ3) is 7.45. The molecule has 2 saturated heterocycles. The van der Waals surface area contributed by atoms with Crippen molar-refractivity contribution in [2.45, 2.75) is 12.8 Å². The second-order valence-corrected chi connectivity index (χ2v) is 10.9. The molecule has 0 aliphatic carbocycles. The van der Waals surface area contributed by atoms with Gasteiger partial charge >= 0.3 is 0 Å². The molecule has 2 aliphatic heterocycles. The summed E-state index contributed by atoms with van der Waals surface area (Å²) in [7, 11) is 0. The molecule has 2 heterocycles. The molecule has 0 radical (unpaired) electrons. The number of amides is 2. The summed E-state index contributed by atoms with van der Waals surface area (Å²) >= 11 is 13.6. The van der Waals surface area contributed by atoms with Crippen molar-refractivity contribution in [1.82, 2.24) is 9.80 Å². The summed E-state index contributed by atoms with van der Waals surface area (Å²) in [5, 5.41) is 1.47. The number of nitrogens with zero attached hydrogens (tertiary/aromatic N) is 4. The van der Waals surface area contributed by atoms with Gasteiger partial charge in [-0.1, -0.05) is 23.2 Å². The Labute approximate surface area is 222 Å². The molecule has 2 aromatic rings. The van der Waals surface area contributed by atoms with Crippen LogP contribution in [0, 0.1) is 0 Å². The average Bonchev–Trinajstić information content (AvgIpc) is 2.89. The quantitative estimate of drug-likeness (QED) is 0.466. The highest BCUT2D eigenvalue weighted by Crippen LogP contribution is 2.21. The molecule has 0 bridgehead atoms. The molecule has 9 heteroatoms. The maximum atomic E-state index is 12.6. The monoisotopic (exact) mass is 534 g/mol. The standard InChI is InChI=1S/C26H32Cl2N4O2S/c27-21-1-5-23(6-2-21)29-11-15-31(16-12-29)25(33)9-19-35-20-10-26(34)32-17-13-30(14-18-32)24-7-3-22(28)4-8-24/h1-8H,9-20H2. The lowest BCUT2D eigenvalue weighted by molar-refractivity contribution is -0.131. The zero-order chi connectivity index (χ0) is 24.6. The van der Waals surface area contributed by atoms with Crippen molar-refractivity contribution in [2.75, 3.05) is 73.7 Å². The molecule has 0 N–H and O–H groups in total.